The van der Waals surface area contributed by atoms with E-state index < -0.39 is 18.2 Å². The first-order valence-electron chi connectivity index (χ1n) is 7.23. The van der Waals surface area contributed by atoms with E-state index >= 15 is 0 Å². The van der Waals surface area contributed by atoms with E-state index in [1.165, 1.54) is 30.3 Å². The van der Waals surface area contributed by atoms with Crippen molar-refractivity contribution < 1.29 is 27.1 Å². The lowest BCUT2D eigenvalue weighted by Crippen LogP contribution is -2.28. The summed E-state index contributed by atoms with van der Waals surface area (Å²) in [4.78, 5) is 12.0. The van der Waals surface area contributed by atoms with Crippen molar-refractivity contribution >= 4 is 17.5 Å². The molecule has 0 fully saturated rings. The second-order valence-corrected chi connectivity index (χ2v) is 5.74. The molecule has 3 nitrogen and oxygen atoms in total. The van der Waals surface area contributed by atoms with E-state index in [-0.39, 0.29) is 23.1 Å². The first kappa shape index (κ1) is 19.1. The van der Waals surface area contributed by atoms with E-state index in [1.54, 1.807) is 6.92 Å². The molecule has 0 aromatic heterocycles. The van der Waals surface area contributed by atoms with Crippen LogP contribution in [0, 0.1) is 5.82 Å². The molecule has 1 N–H and O–H groups in total. The van der Waals surface area contributed by atoms with Gasteiger partial charge in [0.05, 0.1) is 17.5 Å². The average molecular weight is 376 g/mol. The van der Waals surface area contributed by atoms with Gasteiger partial charge in [-0.3, -0.25) is 4.79 Å². The lowest BCUT2D eigenvalue weighted by Gasteiger charge is -2.15. The molecule has 0 aliphatic rings. The van der Waals surface area contributed by atoms with E-state index in [0.717, 1.165) is 12.1 Å². The molecule has 2 rings (SSSR count). The number of carbonyl (C=O) groups is 1. The summed E-state index contributed by atoms with van der Waals surface area (Å²) in [5, 5.41) is 2.67. The van der Waals surface area contributed by atoms with Crippen molar-refractivity contribution in [3.8, 4) is 5.75 Å². The van der Waals surface area contributed by atoms with Crippen LogP contribution < -0.4 is 10.1 Å². The Morgan fingerprint density at radius 1 is 1.20 bits per heavy atom. The third-order valence-electron chi connectivity index (χ3n) is 3.34. The van der Waals surface area contributed by atoms with Crippen LogP contribution in [0.5, 0.6) is 5.75 Å². The normalized spacial score (nSPS) is 12.6. The second-order valence-electron chi connectivity index (χ2n) is 5.33. The molecular formula is C17H14ClF4NO2. The summed E-state index contributed by atoms with van der Waals surface area (Å²) in [6, 6.07) is 8.76. The second kappa shape index (κ2) is 7.74. The summed E-state index contributed by atoms with van der Waals surface area (Å²) in [5.41, 5.74) is 1.16. The number of halogens is 5. The number of rotatable bonds is 5. The molecule has 0 aliphatic carbocycles. The number of ether oxygens (including phenoxy) is 1. The molecule has 1 atom stereocenters. The van der Waals surface area contributed by atoms with Crippen LogP contribution in [0.1, 0.15) is 24.1 Å². The van der Waals surface area contributed by atoms with E-state index in [0.29, 0.717) is 11.1 Å². The predicted octanol–water partition coefficient (Wildman–Crippen LogP) is 4.80. The zero-order valence-corrected chi connectivity index (χ0v) is 13.8. The van der Waals surface area contributed by atoms with Crippen molar-refractivity contribution in [1.82, 2.24) is 5.32 Å². The summed E-state index contributed by atoms with van der Waals surface area (Å²) >= 11 is 5.71. The minimum atomic E-state index is -4.76. The predicted molar refractivity (Wildman–Crippen MR) is 84.8 cm³/mol. The van der Waals surface area contributed by atoms with Crippen LogP contribution in [-0.2, 0) is 11.2 Å². The average Bonchev–Trinajstić information content (AvgIpc) is 2.50. The molecule has 0 radical (unpaired) electrons. The van der Waals surface area contributed by atoms with Crippen LogP contribution in [0.2, 0.25) is 5.02 Å². The van der Waals surface area contributed by atoms with E-state index in [4.69, 9.17) is 11.6 Å². The van der Waals surface area contributed by atoms with Crippen molar-refractivity contribution in [1.29, 1.82) is 0 Å². The Morgan fingerprint density at radius 2 is 1.84 bits per heavy atom. The molecule has 2 aromatic rings. The molecule has 0 aliphatic heterocycles. The summed E-state index contributed by atoms with van der Waals surface area (Å²) < 4.78 is 53.2. The van der Waals surface area contributed by atoms with Gasteiger partial charge < -0.3 is 10.1 Å². The maximum absolute atomic E-state index is 13.1. The van der Waals surface area contributed by atoms with Gasteiger partial charge >= 0.3 is 6.36 Å². The molecule has 1 amide bonds. The zero-order valence-electron chi connectivity index (χ0n) is 13.0. The lowest BCUT2D eigenvalue weighted by atomic mass is 10.1. The number of carbonyl (C=O) groups excluding carboxylic acids is 1. The zero-order chi connectivity index (χ0) is 18.6. The standard InChI is InChI=1S/C17H14ClF4NO2/c1-10(12-4-7-15(19)14(18)9-12)23-16(24)8-11-2-5-13(6-3-11)25-17(20,21)22/h2-7,9-10H,8H2,1H3,(H,23,24). The fourth-order valence-corrected chi connectivity index (χ4v) is 2.34. The van der Waals surface area contributed by atoms with Gasteiger partial charge in [0.1, 0.15) is 11.6 Å². The number of amides is 1. The molecule has 0 spiro atoms. The number of hydrogen-bond donors (Lipinski definition) is 1. The van der Waals surface area contributed by atoms with Crippen molar-refractivity contribution in [3.63, 3.8) is 0 Å². The van der Waals surface area contributed by atoms with Crippen LogP contribution in [0.4, 0.5) is 17.6 Å². The van der Waals surface area contributed by atoms with Crippen LogP contribution >= 0.6 is 11.6 Å². The van der Waals surface area contributed by atoms with Gasteiger partial charge in [0, 0.05) is 0 Å². The first-order valence-corrected chi connectivity index (χ1v) is 7.61. The Bertz CT molecular complexity index is 747. The molecule has 0 saturated heterocycles. The Kier molecular flexibility index (Phi) is 5.89. The molecule has 0 bridgehead atoms. The minimum Gasteiger partial charge on any atom is -0.406 e. The topological polar surface area (TPSA) is 38.3 Å². The lowest BCUT2D eigenvalue weighted by molar-refractivity contribution is -0.274. The molecule has 2 aromatic carbocycles. The summed E-state index contributed by atoms with van der Waals surface area (Å²) in [6.07, 6.45) is -4.78. The summed E-state index contributed by atoms with van der Waals surface area (Å²) in [7, 11) is 0. The van der Waals surface area contributed by atoms with Crippen LogP contribution in [-0.4, -0.2) is 12.3 Å². The fourth-order valence-electron chi connectivity index (χ4n) is 2.15. The van der Waals surface area contributed by atoms with Crippen LogP contribution in [0.15, 0.2) is 42.5 Å². The molecule has 25 heavy (non-hydrogen) atoms. The van der Waals surface area contributed by atoms with E-state index in [1.807, 2.05) is 0 Å². The largest absolute Gasteiger partial charge is 0.573 e. The fraction of sp³-hybridized carbons (Fsp3) is 0.235. The molecule has 134 valence electrons. The quantitative estimate of drug-likeness (QED) is 0.762. The number of hydrogen-bond acceptors (Lipinski definition) is 2. The molecule has 8 heteroatoms. The number of nitrogens with one attached hydrogen (secondary N) is 1. The van der Waals surface area contributed by atoms with Crippen molar-refractivity contribution in [2.75, 3.05) is 0 Å². The van der Waals surface area contributed by atoms with Crippen molar-refractivity contribution in [3.05, 3.63) is 64.4 Å². The maximum atomic E-state index is 13.1. The minimum absolute atomic E-state index is 0.0223. The third kappa shape index (κ3) is 5.94. The summed E-state index contributed by atoms with van der Waals surface area (Å²) in [5.74, 6) is -1.24. The van der Waals surface area contributed by atoms with Crippen molar-refractivity contribution in [2.45, 2.75) is 25.7 Å². The Morgan fingerprint density at radius 3 is 2.40 bits per heavy atom. The first-order chi connectivity index (χ1) is 11.6. The van der Waals surface area contributed by atoms with Gasteiger partial charge in [-0.25, -0.2) is 4.39 Å². The highest BCUT2D eigenvalue weighted by Crippen LogP contribution is 2.23. The van der Waals surface area contributed by atoms with E-state index in [2.05, 4.69) is 10.1 Å². The van der Waals surface area contributed by atoms with E-state index in [9.17, 15) is 22.4 Å². The highest BCUT2D eigenvalue weighted by atomic mass is 35.5. The highest BCUT2D eigenvalue weighted by molar-refractivity contribution is 6.30. The Hall–Kier alpha value is -2.28. The Labute approximate surface area is 146 Å². The van der Waals surface area contributed by atoms with Gasteiger partial charge in [-0.05, 0) is 42.3 Å². The number of benzene rings is 2. The van der Waals surface area contributed by atoms with Crippen LogP contribution in [0.25, 0.3) is 0 Å². The maximum Gasteiger partial charge on any atom is 0.573 e. The third-order valence-corrected chi connectivity index (χ3v) is 3.63. The van der Waals surface area contributed by atoms with Gasteiger partial charge in [0.2, 0.25) is 5.91 Å². The molecular weight excluding hydrogens is 362 g/mol. The van der Waals surface area contributed by atoms with Crippen molar-refractivity contribution in [2.24, 2.45) is 0 Å². The highest BCUT2D eigenvalue weighted by Gasteiger charge is 2.30. The molecule has 0 heterocycles. The smallest absolute Gasteiger partial charge is 0.406 e. The van der Waals surface area contributed by atoms with Gasteiger partial charge in [-0.1, -0.05) is 29.8 Å². The number of alkyl halides is 3. The monoisotopic (exact) mass is 375 g/mol. The molecule has 0 saturated carbocycles. The SMILES string of the molecule is CC(NC(=O)Cc1ccc(OC(F)(F)F)cc1)c1ccc(F)c(Cl)c1. The Balaban J connectivity index is 1.94. The van der Waals surface area contributed by atoms with Gasteiger partial charge in [0.25, 0.3) is 0 Å². The van der Waals surface area contributed by atoms with Crippen LogP contribution in [0.3, 0.4) is 0 Å². The molecule has 1 unspecified atom stereocenters. The van der Waals surface area contributed by atoms with Gasteiger partial charge in [-0.2, -0.15) is 0 Å². The van der Waals surface area contributed by atoms with Gasteiger partial charge in [-0.15, -0.1) is 13.2 Å². The van der Waals surface area contributed by atoms with Gasteiger partial charge in [0.15, 0.2) is 0 Å². The summed E-state index contributed by atoms with van der Waals surface area (Å²) in [6.45, 7) is 1.71.